The van der Waals surface area contributed by atoms with Crippen LogP contribution in [0.4, 0.5) is 15.5 Å². The molecule has 0 aromatic carbocycles. The second kappa shape index (κ2) is 9.13. The average Bonchev–Trinajstić information content (AvgIpc) is 3.01. The molecule has 31 heavy (non-hydrogen) atoms. The van der Waals surface area contributed by atoms with Gasteiger partial charge in [0.2, 0.25) is 11.8 Å². The molecule has 0 spiro atoms. The van der Waals surface area contributed by atoms with Crippen molar-refractivity contribution in [3.8, 4) is 5.88 Å². The predicted octanol–water partition coefficient (Wildman–Crippen LogP) is 2.80. The van der Waals surface area contributed by atoms with Crippen LogP contribution in [-0.4, -0.2) is 69.5 Å². The van der Waals surface area contributed by atoms with E-state index < -0.39 is 22.8 Å². The molecule has 0 radical (unpaired) electrons. The number of hydrogen-bond donors (Lipinski definition) is 2. The van der Waals surface area contributed by atoms with Gasteiger partial charge in [-0.3, -0.25) is 14.9 Å². The van der Waals surface area contributed by atoms with Crippen LogP contribution in [0, 0.1) is 5.92 Å². The molecular formula is C20H27N5O5S. The number of thioether (sulfide) groups is 1. The van der Waals surface area contributed by atoms with Gasteiger partial charge in [-0.25, -0.2) is 9.78 Å². The summed E-state index contributed by atoms with van der Waals surface area (Å²) in [7, 11) is 1.50. The van der Waals surface area contributed by atoms with Crippen molar-refractivity contribution in [3.05, 3.63) is 16.7 Å². The number of anilines is 1. The van der Waals surface area contributed by atoms with Gasteiger partial charge in [0.25, 0.3) is 11.1 Å². The number of nitrogens with one attached hydrogen (secondary N) is 1. The largest absolute Gasteiger partial charge is 0.481 e. The van der Waals surface area contributed by atoms with Gasteiger partial charge in [0.05, 0.1) is 17.7 Å². The first-order chi connectivity index (χ1) is 14.6. The number of rotatable bonds is 5. The lowest BCUT2D eigenvalue weighted by molar-refractivity contribution is -0.115. The third-order valence-electron chi connectivity index (χ3n) is 5.22. The molecule has 10 nitrogen and oxygen atoms in total. The Morgan fingerprint density at radius 1 is 1.35 bits per heavy atom. The van der Waals surface area contributed by atoms with E-state index in [1.807, 2.05) is 25.7 Å². The van der Waals surface area contributed by atoms with E-state index in [9.17, 15) is 19.5 Å². The Hall–Kier alpha value is -2.82. The summed E-state index contributed by atoms with van der Waals surface area (Å²) in [5.41, 5.74) is 0.0221. The fourth-order valence-corrected chi connectivity index (χ4v) is 4.18. The quantitative estimate of drug-likeness (QED) is 0.653. The highest BCUT2D eigenvalue weighted by Gasteiger charge is 2.31. The van der Waals surface area contributed by atoms with E-state index in [4.69, 9.17) is 4.74 Å². The van der Waals surface area contributed by atoms with Gasteiger partial charge in [-0.2, -0.15) is 4.98 Å². The third-order valence-corrected chi connectivity index (χ3v) is 6.03. The highest BCUT2D eigenvalue weighted by molar-refractivity contribution is 8.18. The topological polar surface area (TPSA) is 125 Å². The Bertz CT molecular complexity index is 906. The standard InChI is InChI=1S/C20H27N5O5S/c1-20(2,3)25(19(28)29)11-12-5-7-24(8-6-12)17-21-13(10-15(22-17)30-4)9-14-16(26)23-18(27)31-14/h9-10,12H,5-8,11H2,1-4H3,(H,28,29)(H,23,26,27). The number of carbonyl (C=O) groups excluding carboxylic acids is 2. The van der Waals surface area contributed by atoms with Gasteiger partial charge >= 0.3 is 6.09 Å². The van der Waals surface area contributed by atoms with Crippen LogP contribution < -0.4 is 15.0 Å². The maximum atomic E-state index is 11.8. The minimum Gasteiger partial charge on any atom is -0.481 e. The first-order valence-electron chi connectivity index (χ1n) is 10.00. The Morgan fingerprint density at radius 2 is 2.03 bits per heavy atom. The van der Waals surface area contributed by atoms with Gasteiger partial charge in [-0.05, 0) is 57.4 Å². The summed E-state index contributed by atoms with van der Waals surface area (Å²) >= 11 is 0.828. The number of carboxylic acid groups (broad SMARTS) is 1. The third kappa shape index (κ3) is 5.66. The smallest absolute Gasteiger partial charge is 0.407 e. The van der Waals surface area contributed by atoms with E-state index in [1.54, 1.807) is 12.1 Å². The summed E-state index contributed by atoms with van der Waals surface area (Å²) in [6, 6.07) is 1.61. The summed E-state index contributed by atoms with van der Waals surface area (Å²) in [6.07, 6.45) is 2.25. The van der Waals surface area contributed by atoms with E-state index >= 15 is 0 Å². The van der Waals surface area contributed by atoms with Crippen LogP contribution in [-0.2, 0) is 4.79 Å². The van der Waals surface area contributed by atoms with Gasteiger partial charge in [0, 0.05) is 31.2 Å². The van der Waals surface area contributed by atoms with Crippen molar-refractivity contribution in [2.75, 3.05) is 31.6 Å². The zero-order valence-corrected chi connectivity index (χ0v) is 18.9. The molecule has 3 rings (SSSR count). The fraction of sp³-hybridized carbons (Fsp3) is 0.550. The van der Waals surface area contributed by atoms with Gasteiger partial charge in [0.15, 0.2) is 0 Å². The van der Waals surface area contributed by atoms with Crippen molar-refractivity contribution in [2.45, 2.75) is 39.2 Å². The van der Waals surface area contributed by atoms with Crippen molar-refractivity contribution in [2.24, 2.45) is 5.92 Å². The second-order valence-corrected chi connectivity index (χ2v) is 9.50. The second-order valence-electron chi connectivity index (χ2n) is 8.48. The molecule has 3 heterocycles. The van der Waals surface area contributed by atoms with Crippen LogP contribution >= 0.6 is 11.8 Å². The van der Waals surface area contributed by atoms with Crippen molar-refractivity contribution in [3.63, 3.8) is 0 Å². The molecule has 2 aliphatic heterocycles. The summed E-state index contributed by atoms with van der Waals surface area (Å²) in [6.45, 7) is 7.54. The van der Waals surface area contributed by atoms with Crippen LogP contribution in [0.25, 0.3) is 6.08 Å². The number of nitrogens with zero attached hydrogens (tertiary/aromatic N) is 4. The predicted molar refractivity (Wildman–Crippen MR) is 117 cm³/mol. The summed E-state index contributed by atoms with van der Waals surface area (Å²) < 4.78 is 5.28. The van der Waals surface area contributed by atoms with Crippen LogP contribution in [0.1, 0.15) is 39.3 Å². The molecule has 1 aromatic rings. The van der Waals surface area contributed by atoms with Gasteiger partial charge < -0.3 is 19.6 Å². The Balaban J connectivity index is 1.71. The lowest BCUT2D eigenvalue weighted by Gasteiger charge is -2.39. The molecule has 3 amide bonds. The molecule has 0 atom stereocenters. The molecule has 2 saturated heterocycles. The summed E-state index contributed by atoms with van der Waals surface area (Å²) in [4.78, 5) is 47.6. The molecule has 0 aliphatic carbocycles. The Labute approximate surface area is 185 Å². The van der Waals surface area contributed by atoms with Crippen molar-refractivity contribution < 1.29 is 24.2 Å². The van der Waals surface area contributed by atoms with E-state index in [0.717, 1.165) is 24.6 Å². The first kappa shape index (κ1) is 22.9. The van der Waals surface area contributed by atoms with Gasteiger partial charge in [-0.15, -0.1) is 0 Å². The van der Waals surface area contributed by atoms with Crippen LogP contribution in [0.3, 0.4) is 0 Å². The van der Waals surface area contributed by atoms with Crippen LogP contribution in [0.5, 0.6) is 5.88 Å². The first-order valence-corrected chi connectivity index (χ1v) is 10.8. The SMILES string of the molecule is COc1cc(C=C2SC(=O)NC2=O)nc(N2CCC(CN(C(=O)O)C(C)(C)C)CC2)n1. The number of ether oxygens (including phenoxy) is 1. The van der Waals surface area contributed by atoms with Gasteiger partial charge in [-0.1, -0.05) is 0 Å². The maximum Gasteiger partial charge on any atom is 0.407 e. The van der Waals surface area contributed by atoms with E-state index in [-0.39, 0.29) is 10.8 Å². The van der Waals surface area contributed by atoms with Crippen molar-refractivity contribution >= 4 is 41.0 Å². The van der Waals surface area contributed by atoms with Gasteiger partial charge in [0.1, 0.15) is 0 Å². The van der Waals surface area contributed by atoms with Crippen molar-refractivity contribution in [1.29, 1.82) is 0 Å². The Kier molecular flexibility index (Phi) is 6.73. The number of imide groups is 1. The molecule has 0 unspecified atom stereocenters. The number of aromatic nitrogens is 2. The summed E-state index contributed by atoms with van der Waals surface area (Å²) in [5.74, 6) is 0.643. The zero-order chi connectivity index (χ0) is 22.8. The monoisotopic (exact) mass is 449 g/mol. The molecule has 168 valence electrons. The fourth-order valence-electron chi connectivity index (χ4n) is 3.52. The minimum absolute atomic E-state index is 0.253. The molecule has 2 fully saturated rings. The molecule has 0 bridgehead atoms. The van der Waals surface area contributed by atoms with Crippen LogP contribution in [0.15, 0.2) is 11.0 Å². The lowest BCUT2D eigenvalue weighted by atomic mass is 9.94. The van der Waals surface area contributed by atoms with Crippen LogP contribution in [0.2, 0.25) is 0 Å². The van der Waals surface area contributed by atoms with Crippen molar-refractivity contribution in [1.82, 2.24) is 20.2 Å². The molecule has 2 N–H and O–H groups in total. The number of hydrogen-bond acceptors (Lipinski definition) is 8. The highest BCUT2D eigenvalue weighted by Crippen LogP contribution is 2.28. The molecule has 2 aliphatic rings. The number of methoxy groups -OCH3 is 1. The highest BCUT2D eigenvalue weighted by atomic mass is 32.2. The minimum atomic E-state index is -0.906. The average molecular weight is 450 g/mol. The van der Waals surface area contributed by atoms with E-state index in [2.05, 4.69) is 15.3 Å². The summed E-state index contributed by atoms with van der Waals surface area (Å²) in [5, 5.41) is 11.3. The van der Waals surface area contributed by atoms with E-state index in [1.165, 1.54) is 12.0 Å². The molecule has 11 heteroatoms. The lowest BCUT2D eigenvalue weighted by Crippen LogP contribution is -2.49. The van der Waals surface area contributed by atoms with E-state index in [0.29, 0.717) is 37.2 Å². The maximum absolute atomic E-state index is 11.8. The zero-order valence-electron chi connectivity index (χ0n) is 18.0. The number of piperidine rings is 1. The molecule has 0 saturated carbocycles. The normalized spacial score (nSPS) is 19.0. The number of amides is 3. The number of carbonyl (C=O) groups is 3. The Morgan fingerprint density at radius 3 is 2.55 bits per heavy atom. The molecule has 1 aromatic heterocycles. The molecular weight excluding hydrogens is 422 g/mol.